The maximum Gasteiger partial charge on any atom is 0.0994 e. The Kier molecular flexibility index (Phi) is 21.0. The van der Waals surface area contributed by atoms with Crippen molar-refractivity contribution in [2.75, 3.05) is 52.4 Å². The predicted octanol–water partition coefficient (Wildman–Crippen LogP) is 24.3. The first-order chi connectivity index (χ1) is 60.3. The van der Waals surface area contributed by atoms with Crippen LogP contribution in [0.4, 0.5) is 0 Å². The molecule has 22 rings (SSSR count). The van der Waals surface area contributed by atoms with Crippen LogP contribution >= 0.6 is 22.7 Å². The number of aliphatic hydroxyl groups is 6. The molecule has 0 aliphatic heterocycles. The fourth-order valence-electron chi connectivity index (χ4n) is 24.8. The molecule has 628 valence electrons. The molecule has 0 fully saturated rings. The first-order valence-electron chi connectivity index (χ1n) is 46.7. The van der Waals surface area contributed by atoms with Crippen LogP contribution in [-0.2, 0) is 0 Å². The van der Waals surface area contributed by atoms with Crippen LogP contribution in [0.5, 0.6) is 0 Å². The zero-order valence-electron chi connectivity index (χ0n) is 71.9. The number of benzene rings is 12. The van der Waals surface area contributed by atoms with Gasteiger partial charge in [-0.05, 0) is 314 Å². The van der Waals surface area contributed by atoms with Crippen molar-refractivity contribution in [1.82, 2.24) is 26.6 Å². The first-order valence-corrected chi connectivity index (χ1v) is 48.4. The first kappa shape index (κ1) is 80.0. The maximum absolute atomic E-state index is 13.6. The molecule has 0 amide bonds. The molecule has 12 unspecified atom stereocenters. The van der Waals surface area contributed by atoms with Crippen molar-refractivity contribution < 1.29 is 30.6 Å². The third-order valence-electron chi connectivity index (χ3n) is 30.6. The van der Waals surface area contributed by atoms with Crippen LogP contribution in [0.15, 0.2) is 158 Å². The summed E-state index contributed by atoms with van der Waals surface area (Å²) in [5.74, 6) is -0.842. The largest absolute Gasteiger partial charge is 0.388 e. The molecule has 8 aliphatic rings. The molecule has 13 heteroatoms. The second-order valence-electron chi connectivity index (χ2n) is 37.4. The second-order valence-corrected chi connectivity index (χ2v) is 39.5. The average molecular weight is 1670 g/mol. The smallest absolute Gasteiger partial charge is 0.0994 e. The Labute approximate surface area is 729 Å². The predicted molar refractivity (Wildman–Crippen MR) is 513 cm³/mol. The Morgan fingerprint density at radius 1 is 0.301 bits per heavy atom. The van der Waals surface area contributed by atoms with Crippen LogP contribution in [0.2, 0.25) is 0 Å². The minimum Gasteiger partial charge on any atom is -0.388 e. The number of aliphatic hydroxyl groups excluding tert-OH is 6. The molecule has 0 bridgehead atoms. The van der Waals surface area contributed by atoms with E-state index in [9.17, 15) is 30.6 Å². The van der Waals surface area contributed by atoms with E-state index in [1.165, 1.54) is 148 Å². The minimum atomic E-state index is -0.895. The van der Waals surface area contributed by atoms with Gasteiger partial charge in [-0.3, -0.25) is 0 Å². The highest BCUT2D eigenvalue weighted by Gasteiger charge is 2.49. The quantitative estimate of drug-likeness (QED) is 0.0152. The minimum absolute atomic E-state index is 0.173. The van der Waals surface area contributed by atoms with Crippen LogP contribution in [0, 0.1) is 25.7 Å². The van der Waals surface area contributed by atoms with Crippen molar-refractivity contribution in [1.29, 1.82) is 0 Å². The molecule has 2 heterocycles. The molecule has 123 heavy (non-hydrogen) atoms. The maximum atomic E-state index is 13.6. The Bertz CT molecular complexity index is 6750. The van der Waals surface area contributed by atoms with Crippen LogP contribution in [0.25, 0.3) is 128 Å². The summed E-state index contributed by atoms with van der Waals surface area (Å²) in [5, 5.41) is 113. The molecule has 2 aromatic heterocycles. The van der Waals surface area contributed by atoms with Gasteiger partial charge in [0.1, 0.15) is 0 Å². The highest BCUT2D eigenvalue weighted by molar-refractivity contribution is 7.27. The number of thiophene rings is 2. The lowest BCUT2D eigenvalue weighted by Crippen LogP contribution is -2.32. The molecule has 12 atom stereocenters. The summed E-state index contributed by atoms with van der Waals surface area (Å²) in [5.41, 5.74) is 28.7. The number of fused-ring (bicyclic) bond motifs is 22. The van der Waals surface area contributed by atoms with Crippen LogP contribution in [0.3, 0.4) is 0 Å². The fraction of sp³-hybridized carbons (Fsp3) is 0.382. The van der Waals surface area contributed by atoms with E-state index < -0.39 is 42.7 Å². The summed E-state index contributed by atoms with van der Waals surface area (Å²) >= 11 is 3.66. The third kappa shape index (κ3) is 12.3. The highest BCUT2D eigenvalue weighted by atomic mass is 32.1. The number of hydrogen-bond acceptors (Lipinski definition) is 13. The monoisotopic (exact) mass is 1670 g/mol. The van der Waals surface area contributed by atoms with E-state index in [4.69, 9.17) is 0 Å². The van der Waals surface area contributed by atoms with E-state index in [-0.39, 0.29) is 29.7 Å². The molecule has 0 saturated heterocycles. The van der Waals surface area contributed by atoms with Gasteiger partial charge in [0.05, 0.1) is 48.7 Å². The van der Waals surface area contributed by atoms with E-state index in [2.05, 4.69) is 226 Å². The van der Waals surface area contributed by atoms with E-state index in [0.717, 1.165) is 229 Å². The standard InChI is InChI=1S/C110H115N5O6S2/c1-7-9-11-22-46-112-49-29-43-73-81-57(3)86-98-93-77(55-78-94(107(93)122-109(98)91(81)68-36-19-21-38-70(68)103(73)118)89-71-41-27-39-65-63-33-16-14-31-61(63)53-75(87(65)71)83(89)59(5)101(78)116)100(106(86)121)115-52-26-13-24-48-113-50-30-44-74-82-58(4)85-92(67-35-18-20-37-69(67)99(105(85)120)114-51-25-12-23-47-111-45-10-8-2)110-97(82)96-80(104(74)119)56-79-95(108(96)123-110)90-72-42-28-40-66-64-34-17-15-32-62(64)54-76(88(66)72)84(90)60(6)102(79)117/h14-21,27-28,31-42,53-56,59-60,73-74,99-106,111-121H,7-13,22-26,29-30,43-52H2,1-6H3. The van der Waals surface area contributed by atoms with Crippen molar-refractivity contribution in [3.8, 4) is 22.3 Å². The Hall–Kier alpha value is -8.84. The lowest BCUT2D eigenvalue weighted by Gasteiger charge is -2.38. The topological polar surface area (TPSA) is 182 Å². The molecule has 8 aliphatic carbocycles. The van der Waals surface area contributed by atoms with Gasteiger partial charge in [-0.25, -0.2) is 0 Å². The van der Waals surface area contributed by atoms with Crippen molar-refractivity contribution in [3.05, 3.63) is 258 Å². The van der Waals surface area contributed by atoms with Gasteiger partial charge in [-0.2, -0.15) is 0 Å². The van der Waals surface area contributed by atoms with Gasteiger partial charge in [-0.1, -0.05) is 206 Å². The van der Waals surface area contributed by atoms with Crippen molar-refractivity contribution >= 4 is 128 Å². The van der Waals surface area contributed by atoms with Gasteiger partial charge in [0, 0.05) is 86.3 Å². The summed E-state index contributed by atoms with van der Waals surface area (Å²) in [6, 6.07) is 56.8. The molecular formula is C110H115N5O6S2. The van der Waals surface area contributed by atoms with Gasteiger partial charge < -0.3 is 57.2 Å². The SMILES string of the molecule is CCCCCCNCCCC1c2c(C)c3c4c(sc5c6c(cc(c54)C(NCCCCCNCCCC4c5c(C)c7c(c8sc9c%10c(cc(c9c58)C4O)C(O)C(C)C4=C%10c5cccc8c5c4cc4ccccc48)-c4ccccc4C(NCCCCCNCCCC)C7O)C3O)C(O)C(C)C3=C6c4cccc5c4c3cc3ccccc35)c2-c2ccccc2C1O. The Morgan fingerprint density at radius 3 is 1.28 bits per heavy atom. The van der Waals surface area contributed by atoms with Crippen LogP contribution in [0.1, 0.15) is 291 Å². The van der Waals surface area contributed by atoms with Gasteiger partial charge >= 0.3 is 0 Å². The Morgan fingerprint density at radius 2 is 0.707 bits per heavy atom. The zero-order valence-corrected chi connectivity index (χ0v) is 73.5. The van der Waals surface area contributed by atoms with Gasteiger partial charge in [0.15, 0.2) is 0 Å². The van der Waals surface area contributed by atoms with Gasteiger partial charge in [-0.15, -0.1) is 22.7 Å². The molecule has 0 radical (unpaired) electrons. The Balaban J connectivity index is 0.558. The molecular weight excluding hydrogens is 1550 g/mol. The summed E-state index contributed by atoms with van der Waals surface area (Å²) in [4.78, 5) is 0. The summed E-state index contributed by atoms with van der Waals surface area (Å²) in [6.07, 6.45) is 11.7. The molecule has 12 aromatic carbocycles. The van der Waals surface area contributed by atoms with Crippen molar-refractivity contribution in [2.24, 2.45) is 11.8 Å². The zero-order chi connectivity index (χ0) is 83.5. The molecule has 0 saturated carbocycles. The number of rotatable bonds is 30. The average Bonchev–Trinajstić information content (AvgIpc) is 1.52. The van der Waals surface area contributed by atoms with Gasteiger partial charge in [0.2, 0.25) is 0 Å². The molecule has 0 spiro atoms. The number of hydrogen-bond donors (Lipinski definition) is 11. The fourth-order valence-corrected chi connectivity index (χ4v) is 27.8. The summed E-state index contributed by atoms with van der Waals surface area (Å²) in [7, 11) is 0. The van der Waals surface area contributed by atoms with Crippen LogP contribution in [-0.4, -0.2) is 83.0 Å². The van der Waals surface area contributed by atoms with E-state index in [1.54, 1.807) is 0 Å². The molecule has 14 aromatic rings. The number of unbranched alkanes of at least 4 members (excludes halogenated alkanes) is 8. The van der Waals surface area contributed by atoms with E-state index in [0.29, 0.717) is 6.54 Å². The lowest BCUT2D eigenvalue weighted by molar-refractivity contribution is 0.124. The van der Waals surface area contributed by atoms with Crippen molar-refractivity contribution in [2.45, 2.75) is 205 Å². The number of nitrogens with one attached hydrogen (secondary N) is 5. The van der Waals surface area contributed by atoms with Gasteiger partial charge in [0.25, 0.3) is 0 Å². The van der Waals surface area contributed by atoms with Crippen LogP contribution < -0.4 is 26.6 Å². The molecule has 11 nitrogen and oxygen atoms in total. The van der Waals surface area contributed by atoms with Crippen molar-refractivity contribution in [3.63, 3.8) is 0 Å². The summed E-state index contributed by atoms with van der Waals surface area (Å²) in [6.45, 7) is 20.4. The summed E-state index contributed by atoms with van der Waals surface area (Å²) < 4.78 is 4.59. The normalized spacial score (nSPS) is 22.2. The lowest BCUT2D eigenvalue weighted by atomic mass is 9.69. The third-order valence-corrected chi connectivity index (χ3v) is 33.0. The molecule has 11 N–H and O–H groups in total. The van der Waals surface area contributed by atoms with E-state index >= 15 is 0 Å². The van der Waals surface area contributed by atoms with E-state index in [1.807, 2.05) is 22.7 Å². The second kappa shape index (κ2) is 32.2. The highest BCUT2D eigenvalue weighted by Crippen LogP contribution is 2.67.